The molecule has 1 rings (SSSR count). The maximum atomic E-state index is 5.31. The summed E-state index contributed by atoms with van der Waals surface area (Å²) >= 11 is 1.73. The second-order valence-corrected chi connectivity index (χ2v) is 4.86. The molecule has 3 heteroatoms. The lowest BCUT2D eigenvalue weighted by Gasteiger charge is -2.14. The van der Waals surface area contributed by atoms with Gasteiger partial charge in [-0.05, 0) is 27.7 Å². The Kier molecular flexibility index (Phi) is 3.68. The number of rotatable bonds is 3. The van der Waals surface area contributed by atoms with Crippen molar-refractivity contribution in [3.8, 4) is 12.3 Å². The highest BCUT2D eigenvalue weighted by molar-refractivity contribution is 7.11. The molecule has 0 aromatic carbocycles. The second kappa shape index (κ2) is 4.59. The first-order chi connectivity index (χ1) is 6.54. The highest BCUT2D eigenvalue weighted by atomic mass is 32.1. The molecule has 2 unspecified atom stereocenters. The Hall–Kier alpha value is -0.850. The summed E-state index contributed by atoms with van der Waals surface area (Å²) in [6.07, 6.45) is 5.31. The molecule has 1 aromatic heterocycles. The van der Waals surface area contributed by atoms with E-state index in [1.165, 1.54) is 4.88 Å². The lowest BCUT2D eigenvalue weighted by Crippen LogP contribution is -2.28. The van der Waals surface area contributed by atoms with Crippen molar-refractivity contribution in [3.05, 3.63) is 15.6 Å². The topological polar surface area (TPSA) is 24.9 Å². The fraction of sp³-hybridized carbons (Fsp3) is 0.545. The molecule has 14 heavy (non-hydrogen) atoms. The van der Waals surface area contributed by atoms with Gasteiger partial charge in [-0.15, -0.1) is 17.8 Å². The highest BCUT2D eigenvalue weighted by Gasteiger charge is 2.13. The number of aryl methyl sites for hydroxylation is 2. The average Bonchev–Trinajstić information content (AvgIpc) is 2.45. The summed E-state index contributed by atoms with van der Waals surface area (Å²) in [4.78, 5) is 5.76. The quantitative estimate of drug-likeness (QED) is 0.772. The van der Waals surface area contributed by atoms with Crippen molar-refractivity contribution in [2.24, 2.45) is 0 Å². The molecular weight excluding hydrogens is 192 g/mol. The van der Waals surface area contributed by atoms with Gasteiger partial charge in [-0.25, -0.2) is 4.98 Å². The Balaban J connectivity index is 2.75. The summed E-state index contributed by atoms with van der Waals surface area (Å²) < 4.78 is 0. The maximum Gasteiger partial charge on any atom is 0.0900 e. The van der Waals surface area contributed by atoms with Crippen LogP contribution in [0.4, 0.5) is 0 Å². The molecule has 0 fully saturated rings. The largest absolute Gasteiger partial charge is 0.296 e. The van der Waals surface area contributed by atoms with Gasteiger partial charge in [0.2, 0.25) is 0 Å². The van der Waals surface area contributed by atoms with Gasteiger partial charge < -0.3 is 0 Å². The van der Waals surface area contributed by atoms with Crippen LogP contribution in [0.5, 0.6) is 0 Å². The minimum Gasteiger partial charge on any atom is -0.296 e. The minimum absolute atomic E-state index is 0.0893. The van der Waals surface area contributed by atoms with E-state index < -0.39 is 0 Å². The van der Waals surface area contributed by atoms with E-state index in [1.807, 2.05) is 13.8 Å². The van der Waals surface area contributed by atoms with Gasteiger partial charge in [-0.3, -0.25) is 5.32 Å². The van der Waals surface area contributed by atoms with Crippen LogP contribution in [0, 0.1) is 26.2 Å². The number of aromatic nitrogens is 1. The number of nitrogens with one attached hydrogen (secondary N) is 1. The molecule has 76 valence electrons. The van der Waals surface area contributed by atoms with Crippen molar-refractivity contribution in [1.29, 1.82) is 0 Å². The van der Waals surface area contributed by atoms with E-state index in [0.717, 1.165) is 10.7 Å². The Bertz CT molecular complexity index is 349. The lowest BCUT2D eigenvalue weighted by atomic mass is 10.2. The SMILES string of the molecule is C#CC(C)NC(C)c1nc(C)sc1C. The molecule has 0 saturated carbocycles. The Morgan fingerprint density at radius 1 is 1.43 bits per heavy atom. The standard InChI is InChI=1S/C11H16N2S/c1-6-7(2)12-8(3)11-9(4)14-10(5)13-11/h1,7-8,12H,2-5H3. The highest BCUT2D eigenvalue weighted by Crippen LogP contribution is 2.22. The first kappa shape index (κ1) is 11.2. The molecule has 0 radical (unpaired) electrons. The van der Waals surface area contributed by atoms with Crippen LogP contribution in [-0.4, -0.2) is 11.0 Å². The molecule has 2 nitrogen and oxygen atoms in total. The molecule has 0 bridgehead atoms. The van der Waals surface area contributed by atoms with Gasteiger partial charge in [-0.1, -0.05) is 5.92 Å². The van der Waals surface area contributed by atoms with Crippen LogP contribution in [0.15, 0.2) is 0 Å². The number of thiazole rings is 1. The molecule has 0 saturated heterocycles. The van der Waals surface area contributed by atoms with E-state index in [9.17, 15) is 0 Å². The van der Waals surface area contributed by atoms with E-state index in [2.05, 4.69) is 30.1 Å². The van der Waals surface area contributed by atoms with Crippen LogP contribution in [0.2, 0.25) is 0 Å². The summed E-state index contributed by atoms with van der Waals surface area (Å²) in [5.74, 6) is 2.66. The van der Waals surface area contributed by atoms with E-state index in [1.54, 1.807) is 11.3 Å². The van der Waals surface area contributed by atoms with Gasteiger partial charge in [0.05, 0.1) is 16.7 Å². The van der Waals surface area contributed by atoms with Gasteiger partial charge >= 0.3 is 0 Å². The molecule has 2 atom stereocenters. The zero-order valence-corrected chi connectivity index (χ0v) is 9.90. The van der Waals surface area contributed by atoms with E-state index in [0.29, 0.717) is 0 Å². The Morgan fingerprint density at radius 3 is 2.50 bits per heavy atom. The minimum atomic E-state index is 0.0893. The summed E-state index contributed by atoms with van der Waals surface area (Å²) in [7, 11) is 0. The average molecular weight is 208 g/mol. The van der Waals surface area contributed by atoms with Gasteiger partial charge in [-0.2, -0.15) is 0 Å². The van der Waals surface area contributed by atoms with Crippen molar-refractivity contribution in [2.75, 3.05) is 0 Å². The molecule has 1 heterocycles. The smallest absolute Gasteiger partial charge is 0.0900 e. The third kappa shape index (κ3) is 2.57. The predicted octanol–water partition coefficient (Wildman–Crippen LogP) is 2.43. The van der Waals surface area contributed by atoms with Crippen molar-refractivity contribution >= 4 is 11.3 Å². The lowest BCUT2D eigenvalue weighted by molar-refractivity contribution is 0.535. The summed E-state index contributed by atoms with van der Waals surface area (Å²) in [6, 6.07) is 0.317. The first-order valence-electron chi connectivity index (χ1n) is 4.70. The molecule has 0 aliphatic rings. The van der Waals surface area contributed by atoms with E-state index >= 15 is 0 Å². The third-order valence-electron chi connectivity index (χ3n) is 2.10. The molecular formula is C11H16N2S. The fourth-order valence-corrected chi connectivity index (χ4v) is 2.36. The van der Waals surface area contributed by atoms with Gasteiger partial charge in [0.25, 0.3) is 0 Å². The van der Waals surface area contributed by atoms with Crippen LogP contribution in [0.1, 0.15) is 35.5 Å². The normalized spacial score (nSPS) is 14.8. The van der Waals surface area contributed by atoms with Crippen LogP contribution in [0.25, 0.3) is 0 Å². The third-order valence-corrected chi connectivity index (χ3v) is 3.00. The Labute approximate surface area is 89.8 Å². The molecule has 1 aromatic rings. The Morgan fingerprint density at radius 2 is 2.07 bits per heavy atom. The first-order valence-corrected chi connectivity index (χ1v) is 5.52. The maximum absolute atomic E-state index is 5.31. The molecule has 0 amide bonds. The zero-order valence-electron chi connectivity index (χ0n) is 9.09. The van der Waals surface area contributed by atoms with Gasteiger partial charge in [0, 0.05) is 10.9 Å². The van der Waals surface area contributed by atoms with Crippen LogP contribution in [-0.2, 0) is 0 Å². The van der Waals surface area contributed by atoms with E-state index in [-0.39, 0.29) is 12.1 Å². The van der Waals surface area contributed by atoms with Crippen LogP contribution >= 0.6 is 11.3 Å². The molecule has 1 N–H and O–H groups in total. The monoisotopic (exact) mass is 208 g/mol. The van der Waals surface area contributed by atoms with Gasteiger partial charge in [0.15, 0.2) is 0 Å². The van der Waals surface area contributed by atoms with Crippen molar-refractivity contribution in [1.82, 2.24) is 10.3 Å². The number of nitrogens with zero attached hydrogens (tertiary/aromatic N) is 1. The summed E-state index contributed by atoms with van der Waals surface area (Å²) in [5.41, 5.74) is 1.12. The van der Waals surface area contributed by atoms with Crippen molar-refractivity contribution < 1.29 is 0 Å². The summed E-state index contributed by atoms with van der Waals surface area (Å²) in [6.45, 7) is 8.19. The predicted molar refractivity (Wildman–Crippen MR) is 61.4 cm³/mol. The van der Waals surface area contributed by atoms with Crippen LogP contribution in [0.3, 0.4) is 0 Å². The van der Waals surface area contributed by atoms with Crippen molar-refractivity contribution in [2.45, 2.75) is 39.8 Å². The second-order valence-electron chi connectivity index (χ2n) is 3.45. The number of hydrogen-bond acceptors (Lipinski definition) is 3. The molecule has 0 aliphatic carbocycles. The molecule has 0 spiro atoms. The summed E-state index contributed by atoms with van der Waals surface area (Å²) in [5, 5.41) is 4.42. The number of terminal acetylenes is 1. The van der Waals surface area contributed by atoms with Gasteiger partial charge in [0.1, 0.15) is 0 Å². The zero-order chi connectivity index (χ0) is 10.7. The van der Waals surface area contributed by atoms with E-state index in [4.69, 9.17) is 6.42 Å². The number of hydrogen-bond donors (Lipinski definition) is 1. The molecule has 0 aliphatic heterocycles. The van der Waals surface area contributed by atoms with Crippen molar-refractivity contribution in [3.63, 3.8) is 0 Å². The fourth-order valence-electron chi connectivity index (χ4n) is 1.45. The van der Waals surface area contributed by atoms with Crippen LogP contribution < -0.4 is 5.32 Å².